The second kappa shape index (κ2) is 11.4. The van der Waals surface area contributed by atoms with Crippen LogP contribution < -0.4 is 10.6 Å². The molecule has 1 atom stereocenters. The number of hydrogen-bond donors (Lipinski definition) is 2. The standard InChI is InChI=1S/C26H30FN5O2S/c1-18-11-19(2)13-23(12-18)32-10-8-28-26(32)35-17-24(33)31-9-4-5-20(16-31)15-29-25(34)30-22-7-3-6-21(27)14-22/h3,6-8,10-14,20H,4-5,9,15-17H2,1-2H3,(H2,29,30,34). The molecule has 7 nitrogen and oxygen atoms in total. The van der Waals surface area contributed by atoms with Gasteiger partial charge in [-0.3, -0.25) is 9.36 Å². The zero-order valence-electron chi connectivity index (χ0n) is 20.0. The number of urea groups is 1. The molecule has 2 heterocycles. The number of thioether (sulfide) groups is 1. The van der Waals surface area contributed by atoms with E-state index in [2.05, 4.69) is 47.7 Å². The van der Waals surface area contributed by atoms with Gasteiger partial charge in [0.15, 0.2) is 5.16 Å². The van der Waals surface area contributed by atoms with E-state index >= 15 is 0 Å². The van der Waals surface area contributed by atoms with Gasteiger partial charge >= 0.3 is 6.03 Å². The summed E-state index contributed by atoms with van der Waals surface area (Å²) in [5.74, 6) is 0.146. The van der Waals surface area contributed by atoms with E-state index < -0.39 is 5.82 Å². The number of amides is 3. The highest BCUT2D eigenvalue weighted by molar-refractivity contribution is 7.99. The molecular formula is C26H30FN5O2S. The maximum atomic E-state index is 13.3. The maximum absolute atomic E-state index is 13.3. The Morgan fingerprint density at radius 3 is 2.74 bits per heavy atom. The first-order valence-corrected chi connectivity index (χ1v) is 12.7. The Morgan fingerprint density at radius 2 is 1.97 bits per heavy atom. The van der Waals surface area contributed by atoms with Crippen LogP contribution in [0.4, 0.5) is 14.9 Å². The molecule has 9 heteroatoms. The first-order valence-electron chi connectivity index (χ1n) is 11.7. The van der Waals surface area contributed by atoms with E-state index in [4.69, 9.17) is 0 Å². The highest BCUT2D eigenvalue weighted by atomic mass is 32.2. The lowest BCUT2D eigenvalue weighted by atomic mass is 9.98. The van der Waals surface area contributed by atoms with Gasteiger partial charge in [0.05, 0.1) is 5.75 Å². The summed E-state index contributed by atoms with van der Waals surface area (Å²) in [6, 6.07) is 11.7. The van der Waals surface area contributed by atoms with Gasteiger partial charge in [0.25, 0.3) is 0 Å². The summed E-state index contributed by atoms with van der Waals surface area (Å²) in [5.41, 5.74) is 3.80. The smallest absolute Gasteiger partial charge is 0.319 e. The van der Waals surface area contributed by atoms with Crippen LogP contribution in [0.3, 0.4) is 0 Å². The van der Waals surface area contributed by atoms with E-state index in [0.717, 1.165) is 30.2 Å². The second-order valence-corrected chi connectivity index (χ2v) is 9.85. The number of anilines is 1. The summed E-state index contributed by atoms with van der Waals surface area (Å²) in [6.07, 6.45) is 5.50. The van der Waals surface area contributed by atoms with Gasteiger partial charge in [0, 0.05) is 43.4 Å². The average molecular weight is 496 g/mol. The van der Waals surface area contributed by atoms with Crippen molar-refractivity contribution < 1.29 is 14.0 Å². The molecule has 0 bridgehead atoms. The van der Waals surface area contributed by atoms with Gasteiger partial charge in [0.1, 0.15) is 5.82 Å². The highest BCUT2D eigenvalue weighted by Crippen LogP contribution is 2.24. The van der Waals surface area contributed by atoms with Crippen molar-refractivity contribution in [3.63, 3.8) is 0 Å². The molecule has 4 rings (SSSR count). The van der Waals surface area contributed by atoms with Crippen molar-refractivity contribution in [2.24, 2.45) is 5.92 Å². The Balaban J connectivity index is 1.27. The summed E-state index contributed by atoms with van der Waals surface area (Å²) >= 11 is 1.43. The number of imidazole rings is 1. The average Bonchev–Trinajstić information content (AvgIpc) is 3.30. The van der Waals surface area contributed by atoms with Gasteiger partial charge < -0.3 is 15.5 Å². The van der Waals surface area contributed by atoms with Crippen LogP contribution in [0.25, 0.3) is 5.69 Å². The van der Waals surface area contributed by atoms with Gasteiger partial charge in [-0.25, -0.2) is 14.2 Å². The lowest BCUT2D eigenvalue weighted by Gasteiger charge is -2.32. The molecule has 1 saturated heterocycles. The Hall–Kier alpha value is -3.33. The largest absolute Gasteiger partial charge is 0.342 e. The van der Waals surface area contributed by atoms with Crippen LogP contribution in [0, 0.1) is 25.6 Å². The van der Waals surface area contributed by atoms with Crippen LogP contribution in [0.5, 0.6) is 0 Å². The molecule has 3 aromatic rings. The number of aromatic nitrogens is 2. The van der Waals surface area contributed by atoms with Gasteiger partial charge in [-0.15, -0.1) is 0 Å². The third kappa shape index (κ3) is 6.85. The number of aryl methyl sites for hydroxylation is 2. The lowest BCUT2D eigenvalue weighted by molar-refractivity contribution is -0.130. The Bertz CT molecular complexity index is 1180. The molecule has 2 N–H and O–H groups in total. The van der Waals surface area contributed by atoms with Crippen molar-refractivity contribution >= 4 is 29.4 Å². The van der Waals surface area contributed by atoms with Gasteiger partial charge in [-0.1, -0.05) is 23.9 Å². The van der Waals surface area contributed by atoms with Crippen molar-refractivity contribution in [1.82, 2.24) is 19.8 Å². The lowest BCUT2D eigenvalue weighted by Crippen LogP contribution is -2.45. The number of rotatable bonds is 7. The molecule has 0 saturated carbocycles. The maximum Gasteiger partial charge on any atom is 0.319 e. The number of carbonyl (C=O) groups excluding carboxylic acids is 2. The molecule has 0 aliphatic carbocycles. The van der Waals surface area contributed by atoms with Crippen molar-refractivity contribution in [2.75, 3.05) is 30.7 Å². The number of carbonyl (C=O) groups is 2. The molecule has 3 amide bonds. The van der Waals surface area contributed by atoms with Crippen LogP contribution in [0.1, 0.15) is 24.0 Å². The van der Waals surface area contributed by atoms with Crippen LogP contribution in [-0.4, -0.2) is 51.8 Å². The molecule has 35 heavy (non-hydrogen) atoms. The summed E-state index contributed by atoms with van der Waals surface area (Å²) in [4.78, 5) is 31.4. The zero-order chi connectivity index (χ0) is 24.8. The molecule has 1 aromatic heterocycles. The third-order valence-corrected chi connectivity index (χ3v) is 6.87. The van der Waals surface area contributed by atoms with Crippen LogP contribution in [-0.2, 0) is 4.79 Å². The zero-order valence-corrected chi connectivity index (χ0v) is 20.8. The molecule has 1 unspecified atom stereocenters. The van der Waals surface area contributed by atoms with E-state index in [9.17, 15) is 14.0 Å². The van der Waals surface area contributed by atoms with Gasteiger partial charge in [0.2, 0.25) is 5.91 Å². The van der Waals surface area contributed by atoms with E-state index in [1.165, 1.54) is 35.0 Å². The quantitative estimate of drug-likeness (QED) is 0.463. The fraction of sp³-hybridized carbons (Fsp3) is 0.346. The number of hydrogen-bond acceptors (Lipinski definition) is 4. The minimum Gasteiger partial charge on any atom is -0.342 e. The van der Waals surface area contributed by atoms with E-state index in [1.807, 2.05) is 15.7 Å². The molecular weight excluding hydrogens is 465 g/mol. The predicted molar refractivity (Wildman–Crippen MR) is 136 cm³/mol. The summed E-state index contributed by atoms with van der Waals surface area (Å²) in [6.45, 7) is 5.91. The van der Waals surface area contributed by atoms with Gasteiger partial charge in [-0.05, 0) is 74.1 Å². The molecule has 1 aliphatic rings. The Labute approximate surface area is 209 Å². The number of nitrogens with zero attached hydrogens (tertiary/aromatic N) is 3. The minimum absolute atomic E-state index is 0.0684. The van der Waals surface area contributed by atoms with Crippen LogP contribution >= 0.6 is 11.8 Å². The summed E-state index contributed by atoms with van der Waals surface area (Å²) in [5, 5.41) is 6.26. The molecule has 0 radical (unpaired) electrons. The Kier molecular flexibility index (Phi) is 8.07. The van der Waals surface area contributed by atoms with Crippen LogP contribution in [0.2, 0.25) is 0 Å². The fourth-order valence-electron chi connectivity index (χ4n) is 4.34. The molecule has 184 valence electrons. The number of nitrogens with one attached hydrogen (secondary N) is 2. The number of piperidine rings is 1. The summed E-state index contributed by atoms with van der Waals surface area (Å²) < 4.78 is 15.3. The van der Waals surface area contributed by atoms with Crippen LogP contribution in [0.15, 0.2) is 60.0 Å². The second-order valence-electron chi connectivity index (χ2n) is 8.91. The van der Waals surface area contributed by atoms with Crippen molar-refractivity contribution in [3.05, 3.63) is 71.8 Å². The SMILES string of the molecule is Cc1cc(C)cc(-n2ccnc2SCC(=O)N2CCCC(CNC(=O)Nc3cccc(F)c3)C2)c1. The van der Waals surface area contributed by atoms with Gasteiger partial charge in [-0.2, -0.15) is 0 Å². The fourth-order valence-corrected chi connectivity index (χ4v) is 5.21. The van der Waals surface area contributed by atoms with Crippen molar-refractivity contribution in [2.45, 2.75) is 31.8 Å². The highest BCUT2D eigenvalue weighted by Gasteiger charge is 2.24. The Morgan fingerprint density at radius 1 is 1.17 bits per heavy atom. The summed E-state index contributed by atoms with van der Waals surface area (Å²) in [7, 11) is 0. The van der Waals surface area contributed by atoms with Crippen molar-refractivity contribution in [1.29, 1.82) is 0 Å². The monoisotopic (exact) mass is 495 g/mol. The van der Waals surface area contributed by atoms with E-state index in [-0.39, 0.29) is 17.9 Å². The number of likely N-dealkylation sites (tertiary alicyclic amines) is 1. The third-order valence-electron chi connectivity index (χ3n) is 5.92. The van der Waals surface area contributed by atoms with Crippen molar-refractivity contribution in [3.8, 4) is 5.69 Å². The first-order chi connectivity index (χ1) is 16.9. The molecule has 2 aromatic carbocycles. The molecule has 0 spiro atoms. The predicted octanol–water partition coefficient (Wildman–Crippen LogP) is 4.78. The molecule has 1 aliphatic heterocycles. The normalized spacial score (nSPS) is 15.6. The topological polar surface area (TPSA) is 79.3 Å². The molecule has 1 fully saturated rings. The first kappa shape index (κ1) is 24.8. The van der Waals surface area contributed by atoms with E-state index in [0.29, 0.717) is 24.5 Å². The minimum atomic E-state index is -0.404. The van der Waals surface area contributed by atoms with E-state index in [1.54, 1.807) is 18.3 Å². The number of benzene rings is 2. The number of halogens is 1.